The van der Waals surface area contributed by atoms with Crippen LogP contribution in [0.5, 0.6) is 0 Å². The molecule has 298 valence electrons. The molecule has 4 atom stereocenters. The van der Waals surface area contributed by atoms with E-state index in [0.717, 1.165) is 75.5 Å². The number of imidazole rings is 2. The third-order valence-electron chi connectivity index (χ3n) is 11.1. The van der Waals surface area contributed by atoms with Crippen LogP contribution in [-0.4, -0.2) is 93.1 Å². The fourth-order valence-corrected chi connectivity index (χ4v) is 7.72. The van der Waals surface area contributed by atoms with E-state index in [0.29, 0.717) is 13.1 Å². The van der Waals surface area contributed by atoms with Gasteiger partial charge < -0.3 is 39.9 Å². The Morgan fingerprint density at radius 3 is 1.70 bits per heavy atom. The monoisotopic (exact) mass is 774 g/mol. The Labute approximate surface area is 331 Å². The molecule has 0 bridgehead atoms. The standard InChI is InChI=1S/C43H50N8O6/c1-24(2)36(48-42(54)56-5)40(52)50-20-7-8-34(50)38-44-23-33(47-38)29-15-13-27(14-16-29)26-9-11-28(12-10-26)30-17-18-31-32(22-30)46-39(45-31)35-19-21-51(35)41(53)37(25(3)4)49-43(55)57-6/h9-18,22-25,34-37H,7-8,19-21H2,1-6H3,(H,44,47)(H,45,46)(H,48,54)(H,49,55)/t34-,35-,36-,37-/m0/s1. The van der Waals surface area contributed by atoms with E-state index in [1.807, 2.05) is 38.7 Å². The molecule has 5 aromatic rings. The molecular weight excluding hydrogens is 725 g/mol. The predicted octanol–water partition coefficient (Wildman–Crippen LogP) is 6.99. The van der Waals surface area contributed by atoms with Gasteiger partial charge in [-0.2, -0.15) is 0 Å². The molecule has 4 N–H and O–H groups in total. The lowest BCUT2D eigenvalue weighted by Gasteiger charge is -2.42. The number of hydrogen-bond acceptors (Lipinski definition) is 8. The summed E-state index contributed by atoms with van der Waals surface area (Å²) >= 11 is 0. The van der Waals surface area contributed by atoms with Crippen molar-refractivity contribution >= 4 is 35.0 Å². The lowest BCUT2D eigenvalue weighted by Crippen LogP contribution is -2.56. The smallest absolute Gasteiger partial charge is 0.407 e. The highest BCUT2D eigenvalue weighted by Crippen LogP contribution is 2.36. The molecule has 2 aliphatic heterocycles. The average Bonchev–Trinajstić information content (AvgIpc) is 3.98. The number of nitrogens with one attached hydrogen (secondary N) is 4. The Bertz CT molecular complexity index is 2250. The molecule has 3 aromatic carbocycles. The number of nitrogens with zero attached hydrogens (tertiary/aromatic N) is 4. The van der Waals surface area contributed by atoms with Crippen LogP contribution >= 0.6 is 0 Å². The number of carbonyl (C=O) groups excluding carboxylic acids is 4. The van der Waals surface area contributed by atoms with Gasteiger partial charge in [-0.05, 0) is 71.0 Å². The number of benzene rings is 3. The maximum absolute atomic E-state index is 13.5. The SMILES string of the molecule is COC(=O)N[C@H](C(=O)N1CCC[C@H]1c1ncc(-c2ccc(-c3ccc(-c4ccc5nc([C@@H]6CCN6C(=O)[C@@H](NC(=O)OC)C(C)C)[nH]c5c4)cc3)cc2)[nH]1)C(C)C. The van der Waals surface area contributed by atoms with Gasteiger partial charge in [0, 0.05) is 13.1 Å². The maximum atomic E-state index is 13.5. The molecule has 2 fully saturated rings. The summed E-state index contributed by atoms with van der Waals surface area (Å²) in [5.41, 5.74) is 7.82. The van der Waals surface area contributed by atoms with Crippen LogP contribution in [0.15, 0.2) is 72.9 Å². The second-order valence-corrected chi connectivity index (χ2v) is 15.4. The van der Waals surface area contributed by atoms with Gasteiger partial charge >= 0.3 is 12.2 Å². The first kappa shape index (κ1) is 39.1. The first-order chi connectivity index (χ1) is 27.4. The number of likely N-dealkylation sites (tertiary alicyclic amines) is 2. The zero-order valence-corrected chi connectivity index (χ0v) is 33.2. The number of carbonyl (C=O) groups is 4. The minimum atomic E-state index is -0.686. The Kier molecular flexibility index (Phi) is 11.3. The number of methoxy groups -OCH3 is 2. The van der Waals surface area contributed by atoms with Crippen molar-refractivity contribution in [1.29, 1.82) is 0 Å². The zero-order chi connectivity index (χ0) is 40.4. The summed E-state index contributed by atoms with van der Waals surface area (Å²) in [5, 5.41) is 5.37. The third kappa shape index (κ3) is 8.07. The molecule has 0 aliphatic carbocycles. The lowest BCUT2D eigenvalue weighted by atomic mass is 9.96. The van der Waals surface area contributed by atoms with E-state index < -0.39 is 24.3 Å². The van der Waals surface area contributed by atoms with Crippen molar-refractivity contribution in [3.63, 3.8) is 0 Å². The number of ether oxygens (including phenoxy) is 2. The molecule has 4 amide bonds. The predicted molar refractivity (Wildman–Crippen MR) is 216 cm³/mol. The van der Waals surface area contributed by atoms with Crippen LogP contribution in [0.3, 0.4) is 0 Å². The van der Waals surface area contributed by atoms with E-state index in [9.17, 15) is 19.2 Å². The number of rotatable bonds is 11. The summed E-state index contributed by atoms with van der Waals surface area (Å²) in [5.74, 6) is 0.968. The highest BCUT2D eigenvalue weighted by Gasteiger charge is 2.40. The molecule has 2 aromatic heterocycles. The second-order valence-electron chi connectivity index (χ2n) is 15.4. The highest BCUT2D eigenvalue weighted by atomic mass is 16.5. The van der Waals surface area contributed by atoms with Gasteiger partial charge in [-0.3, -0.25) is 9.59 Å². The molecule has 14 heteroatoms. The molecule has 7 rings (SSSR count). The van der Waals surface area contributed by atoms with Crippen LogP contribution in [0.2, 0.25) is 0 Å². The number of H-pyrrole nitrogens is 2. The van der Waals surface area contributed by atoms with Crippen molar-refractivity contribution in [3.8, 4) is 33.5 Å². The van der Waals surface area contributed by atoms with Crippen LogP contribution in [0.1, 0.15) is 70.7 Å². The number of amides is 4. The van der Waals surface area contributed by atoms with Crippen molar-refractivity contribution in [3.05, 3.63) is 84.6 Å². The van der Waals surface area contributed by atoms with Crippen molar-refractivity contribution < 1.29 is 28.7 Å². The number of hydrogen-bond donors (Lipinski definition) is 4. The van der Waals surface area contributed by atoms with E-state index in [4.69, 9.17) is 14.5 Å². The van der Waals surface area contributed by atoms with Crippen LogP contribution in [0.4, 0.5) is 9.59 Å². The van der Waals surface area contributed by atoms with Crippen molar-refractivity contribution in [2.45, 2.75) is 71.1 Å². The average molecular weight is 775 g/mol. The van der Waals surface area contributed by atoms with E-state index in [1.165, 1.54) is 14.2 Å². The molecule has 0 spiro atoms. The summed E-state index contributed by atoms with van der Waals surface area (Å²) in [6.07, 6.45) is 2.98. The van der Waals surface area contributed by atoms with Gasteiger partial charge in [0.05, 0.1) is 49.2 Å². The van der Waals surface area contributed by atoms with Gasteiger partial charge in [0.15, 0.2) is 0 Å². The normalized spacial score (nSPS) is 17.7. The number of fused-ring (bicyclic) bond motifs is 1. The molecule has 4 heterocycles. The first-order valence-electron chi connectivity index (χ1n) is 19.5. The van der Waals surface area contributed by atoms with Crippen molar-refractivity contribution in [2.75, 3.05) is 27.3 Å². The van der Waals surface area contributed by atoms with Crippen molar-refractivity contribution in [2.24, 2.45) is 11.8 Å². The van der Waals surface area contributed by atoms with Crippen LogP contribution in [0.25, 0.3) is 44.5 Å². The second kappa shape index (κ2) is 16.5. The van der Waals surface area contributed by atoms with E-state index >= 15 is 0 Å². The summed E-state index contributed by atoms with van der Waals surface area (Å²) in [7, 11) is 2.58. The molecule has 2 aliphatic rings. The van der Waals surface area contributed by atoms with E-state index in [1.54, 1.807) is 11.1 Å². The maximum Gasteiger partial charge on any atom is 0.407 e. The fourth-order valence-electron chi connectivity index (χ4n) is 7.72. The first-order valence-corrected chi connectivity index (χ1v) is 19.5. The van der Waals surface area contributed by atoms with Crippen molar-refractivity contribution in [1.82, 2.24) is 40.4 Å². The summed E-state index contributed by atoms with van der Waals surface area (Å²) < 4.78 is 9.50. The summed E-state index contributed by atoms with van der Waals surface area (Å²) in [6, 6.07) is 21.1. The van der Waals surface area contributed by atoms with Crippen LogP contribution < -0.4 is 10.6 Å². The summed E-state index contributed by atoms with van der Waals surface area (Å²) in [6.45, 7) is 8.79. The van der Waals surface area contributed by atoms with Gasteiger partial charge in [-0.25, -0.2) is 19.6 Å². The highest BCUT2D eigenvalue weighted by molar-refractivity contribution is 5.88. The van der Waals surface area contributed by atoms with E-state index in [2.05, 4.69) is 86.2 Å². The Balaban J connectivity index is 1.01. The number of aromatic amines is 2. The number of alkyl carbamates (subject to hydrolysis) is 2. The zero-order valence-electron chi connectivity index (χ0n) is 33.2. The van der Waals surface area contributed by atoms with Gasteiger partial charge in [0.2, 0.25) is 11.8 Å². The fraction of sp³-hybridized carbons (Fsp3) is 0.395. The van der Waals surface area contributed by atoms with Crippen LogP contribution in [-0.2, 0) is 19.1 Å². The molecule has 0 radical (unpaired) electrons. The largest absolute Gasteiger partial charge is 0.453 e. The summed E-state index contributed by atoms with van der Waals surface area (Å²) in [4.78, 5) is 70.7. The minimum Gasteiger partial charge on any atom is -0.453 e. The quantitative estimate of drug-likeness (QED) is 0.111. The third-order valence-corrected chi connectivity index (χ3v) is 11.1. The van der Waals surface area contributed by atoms with Gasteiger partial charge in [0.25, 0.3) is 0 Å². The van der Waals surface area contributed by atoms with Crippen LogP contribution in [0, 0.1) is 11.8 Å². The van der Waals surface area contributed by atoms with Gasteiger partial charge in [-0.15, -0.1) is 0 Å². The Morgan fingerprint density at radius 1 is 0.667 bits per heavy atom. The molecule has 2 saturated heterocycles. The molecule has 0 unspecified atom stereocenters. The molecule has 57 heavy (non-hydrogen) atoms. The number of aromatic nitrogens is 4. The Hall–Kier alpha value is -6.18. The lowest BCUT2D eigenvalue weighted by molar-refractivity contribution is -0.142. The van der Waals surface area contributed by atoms with Gasteiger partial charge in [0.1, 0.15) is 23.7 Å². The van der Waals surface area contributed by atoms with E-state index in [-0.39, 0.29) is 35.7 Å². The minimum absolute atomic E-state index is 0.101. The molecule has 14 nitrogen and oxygen atoms in total. The van der Waals surface area contributed by atoms with Gasteiger partial charge in [-0.1, -0.05) is 82.3 Å². The molecule has 0 saturated carbocycles. The molecular formula is C43H50N8O6. The topological polar surface area (TPSA) is 175 Å². The Morgan fingerprint density at radius 2 is 1.18 bits per heavy atom.